The number of benzene rings is 2. The van der Waals surface area contributed by atoms with E-state index >= 15 is 0 Å². The van der Waals surface area contributed by atoms with Crippen molar-refractivity contribution in [3.63, 3.8) is 0 Å². The molecule has 1 unspecified atom stereocenters. The van der Waals surface area contributed by atoms with Crippen LogP contribution in [0.2, 0.25) is 0 Å². The van der Waals surface area contributed by atoms with E-state index in [2.05, 4.69) is 90.0 Å². The van der Waals surface area contributed by atoms with Gasteiger partial charge < -0.3 is 10.6 Å². The third-order valence-corrected chi connectivity index (χ3v) is 4.79. The predicted octanol–water partition coefficient (Wildman–Crippen LogP) is 3.49. The number of aliphatic imine (C=N–C) groups is 1. The Morgan fingerprint density at radius 2 is 1.90 bits per heavy atom. The minimum Gasteiger partial charge on any atom is -0.357 e. The van der Waals surface area contributed by atoms with Crippen LogP contribution in [-0.2, 0) is 13.1 Å². The highest BCUT2D eigenvalue weighted by molar-refractivity contribution is 5.79. The molecule has 0 aliphatic carbocycles. The summed E-state index contributed by atoms with van der Waals surface area (Å²) in [7, 11) is 0. The molecule has 1 aromatic heterocycles. The summed E-state index contributed by atoms with van der Waals surface area (Å²) in [6.07, 6.45) is 3.29. The van der Waals surface area contributed by atoms with Gasteiger partial charge >= 0.3 is 0 Å². The van der Waals surface area contributed by atoms with Gasteiger partial charge in [-0.15, -0.1) is 0 Å². The molecule has 3 rings (SSSR count). The summed E-state index contributed by atoms with van der Waals surface area (Å²) in [6.45, 7) is 9.43. The van der Waals surface area contributed by atoms with Gasteiger partial charge in [0.25, 0.3) is 0 Å². The summed E-state index contributed by atoms with van der Waals surface area (Å²) in [5, 5.41) is 11.0. The Morgan fingerprint density at radius 3 is 2.62 bits per heavy atom. The Kier molecular flexibility index (Phi) is 7.39. The van der Waals surface area contributed by atoms with Gasteiger partial charge in [0.1, 0.15) is 12.7 Å². The Morgan fingerprint density at radius 1 is 1.10 bits per heavy atom. The van der Waals surface area contributed by atoms with Crippen LogP contribution in [0.1, 0.15) is 42.0 Å². The van der Waals surface area contributed by atoms with Gasteiger partial charge in [-0.25, -0.2) is 14.7 Å². The maximum atomic E-state index is 4.76. The molecule has 0 saturated heterocycles. The molecule has 2 N–H and O–H groups in total. The Bertz CT molecular complexity index is 899. The first kappa shape index (κ1) is 20.6. The zero-order chi connectivity index (χ0) is 20.5. The van der Waals surface area contributed by atoms with E-state index in [0.717, 1.165) is 19.0 Å². The molecule has 29 heavy (non-hydrogen) atoms. The smallest absolute Gasteiger partial charge is 0.191 e. The number of nitrogens with zero attached hydrogens (tertiary/aromatic N) is 4. The molecule has 1 heterocycles. The summed E-state index contributed by atoms with van der Waals surface area (Å²) in [5.74, 6) is 1.25. The summed E-state index contributed by atoms with van der Waals surface area (Å²) >= 11 is 0. The van der Waals surface area contributed by atoms with Crippen molar-refractivity contribution in [2.24, 2.45) is 4.99 Å². The van der Waals surface area contributed by atoms with Crippen LogP contribution in [0.4, 0.5) is 0 Å². The lowest BCUT2D eigenvalue weighted by Crippen LogP contribution is -2.39. The van der Waals surface area contributed by atoms with Crippen molar-refractivity contribution in [3.05, 3.63) is 83.4 Å². The van der Waals surface area contributed by atoms with Crippen molar-refractivity contribution in [3.8, 4) is 0 Å². The minimum absolute atomic E-state index is 0.408. The lowest BCUT2D eigenvalue weighted by molar-refractivity contribution is 0.684. The van der Waals surface area contributed by atoms with Crippen molar-refractivity contribution in [2.75, 3.05) is 13.1 Å². The lowest BCUT2D eigenvalue weighted by Gasteiger charge is -2.16. The number of hydrogen-bond acceptors (Lipinski definition) is 3. The lowest BCUT2D eigenvalue weighted by atomic mass is 10.0. The number of hydrogen-bond donors (Lipinski definition) is 2. The van der Waals surface area contributed by atoms with Gasteiger partial charge in [0.2, 0.25) is 0 Å². The highest BCUT2D eigenvalue weighted by Crippen LogP contribution is 2.14. The fraction of sp³-hybridized carbons (Fsp3) is 0.348. The number of rotatable bonds is 8. The molecule has 152 valence electrons. The van der Waals surface area contributed by atoms with Crippen LogP contribution >= 0.6 is 0 Å². The van der Waals surface area contributed by atoms with Gasteiger partial charge in [-0.1, -0.05) is 61.0 Å². The van der Waals surface area contributed by atoms with E-state index in [4.69, 9.17) is 4.99 Å². The van der Waals surface area contributed by atoms with E-state index in [1.165, 1.54) is 22.3 Å². The van der Waals surface area contributed by atoms with Crippen LogP contribution in [0.25, 0.3) is 0 Å². The fourth-order valence-corrected chi connectivity index (χ4v) is 3.10. The predicted molar refractivity (Wildman–Crippen MR) is 118 cm³/mol. The summed E-state index contributed by atoms with van der Waals surface area (Å²) < 4.78 is 1.82. The normalized spacial score (nSPS) is 12.6. The molecule has 0 aliphatic heterocycles. The van der Waals surface area contributed by atoms with E-state index in [1.54, 1.807) is 12.7 Å². The molecule has 0 bridgehead atoms. The second kappa shape index (κ2) is 10.4. The third-order valence-electron chi connectivity index (χ3n) is 4.79. The number of guanidine groups is 1. The highest BCUT2D eigenvalue weighted by atomic mass is 15.3. The average molecular weight is 391 g/mol. The minimum atomic E-state index is 0.408. The van der Waals surface area contributed by atoms with E-state index in [9.17, 15) is 0 Å². The zero-order valence-corrected chi connectivity index (χ0v) is 17.5. The Balaban J connectivity index is 1.59. The summed E-state index contributed by atoms with van der Waals surface area (Å²) in [5.41, 5.74) is 4.98. The topological polar surface area (TPSA) is 67.1 Å². The van der Waals surface area contributed by atoms with Gasteiger partial charge in [-0.3, -0.25) is 0 Å². The zero-order valence-electron chi connectivity index (χ0n) is 17.5. The van der Waals surface area contributed by atoms with Gasteiger partial charge in [0.05, 0.1) is 13.1 Å². The van der Waals surface area contributed by atoms with Crippen LogP contribution in [0.15, 0.2) is 66.2 Å². The van der Waals surface area contributed by atoms with Crippen molar-refractivity contribution in [2.45, 2.75) is 39.8 Å². The molecule has 0 spiro atoms. The van der Waals surface area contributed by atoms with Crippen molar-refractivity contribution < 1.29 is 0 Å². The summed E-state index contributed by atoms with van der Waals surface area (Å²) in [6, 6.07) is 17.2. The number of aryl methyl sites for hydroxylation is 1. The van der Waals surface area contributed by atoms with Crippen LogP contribution in [-0.4, -0.2) is 33.8 Å². The molecule has 3 aromatic rings. The molecule has 0 aliphatic rings. The molecule has 1 atom stereocenters. The van der Waals surface area contributed by atoms with E-state index in [-0.39, 0.29) is 0 Å². The van der Waals surface area contributed by atoms with E-state index < -0.39 is 0 Å². The molecule has 2 aromatic carbocycles. The average Bonchev–Trinajstić information content (AvgIpc) is 3.23. The second-order valence-electron chi connectivity index (χ2n) is 7.30. The molecule has 0 amide bonds. The number of aromatic nitrogens is 3. The van der Waals surface area contributed by atoms with Crippen molar-refractivity contribution in [1.82, 2.24) is 25.4 Å². The SMILES string of the molecule is CCNC(=NCc1cccc(Cn2cncn2)c1)NCC(C)c1ccc(C)cc1. The highest BCUT2D eigenvalue weighted by Gasteiger charge is 2.07. The van der Waals surface area contributed by atoms with Crippen LogP contribution < -0.4 is 10.6 Å². The molecular weight excluding hydrogens is 360 g/mol. The van der Waals surface area contributed by atoms with Crippen molar-refractivity contribution >= 4 is 5.96 Å². The van der Waals surface area contributed by atoms with Gasteiger partial charge in [-0.2, -0.15) is 5.10 Å². The van der Waals surface area contributed by atoms with Gasteiger partial charge in [0.15, 0.2) is 5.96 Å². The summed E-state index contributed by atoms with van der Waals surface area (Å²) in [4.78, 5) is 8.76. The first-order valence-corrected chi connectivity index (χ1v) is 10.1. The van der Waals surface area contributed by atoms with Crippen molar-refractivity contribution in [1.29, 1.82) is 0 Å². The van der Waals surface area contributed by atoms with Crippen LogP contribution in [0.3, 0.4) is 0 Å². The first-order valence-electron chi connectivity index (χ1n) is 10.1. The molecular formula is C23H30N6. The van der Waals surface area contributed by atoms with Gasteiger partial charge in [0, 0.05) is 13.1 Å². The third kappa shape index (κ3) is 6.45. The monoisotopic (exact) mass is 390 g/mol. The number of nitrogens with one attached hydrogen (secondary N) is 2. The molecule has 6 heteroatoms. The second-order valence-corrected chi connectivity index (χ2v) is 7.30. The quantitative estimate of drug-likeness (QED) is 0.456. The fourth-order valence-electron chi connectivity index (χ4n) is 3.10. The molecule has 6 nitrogen and oxygen atoms in total. The Hall–Kier alpha value is -3.15. The van der Waals surface area contributed by atoms with Gasteiger partial charge in [-0.05, 0) is 36.5 Å². The van der Waals surface area contributed by atoms with E-state index in [0.29, 0.717) is 19.0 Å². The van der Waals surface area contributed by atoms with Crippen LogP contribution in [0, 0.1) is 6.92 Å². The standard InChI is InChI=1S/C23H30N6/c1-4-25-23(26-13-19(3)22-10-8-18(2)9-11-22)27-14-20-6-5-7-21(12-20)15-29-17-24-16-28-29/h5-12,16-17,19H,4,13-15H2,1-3H3,(H2,25,26,27). The largest absolute Gasteiger partial charge is 0.357 e. The Labute approximate surface area is 173 Å². The molecule has 0 saturated carbocycles. The molecule has 0 fully saturated rings. The maximum absolute atomic E-state index is 4.76. The van der Waals surface area contributed by atoms with Crippen LogP contribution in [0.5, 0.6) is 0 Å². The van der Waals surface area contributed by atoms with E-state index in [1.807, 2.05) is 4.68 Å². The first-order chi connectivity index (χ1) is 14.1. The molecule has 0 radical (unpaired) electrons. The maximum Gasteiger partial charge on any atom is 0.191 e.